The Morgan fingerprint density at radius 1 is 1.00 bits per heavy atom. The molecule has 0 saturated carbocycles. The molecule has 1 aliphatic rings. The van der Waals surface area contributed by atoms with E-state index in [0.29, 0.717) is 18.8 Å². The molecule has 8 nitrogen and oxygen atoms in total. The van der Waals surface area contributed by atoms with Gasteiger partial charge in [-0.3, -0.25) is 4.79 Å². The Balaban J connectivity index is 1.58. The van der Waals surface area contributed by atoms with Crippen LogP contribution >= 0.6 is 0 Å². The van der Waals surface area contributed by atoms with E-state index in [1.165, 1.54) is 6.08 Å². The molecule has 0 amide bonds. The molecule has 2 aromatic carbocycles. The molecule has 44 heavy (non-hydrogen) atoms. The van der Waals surface area contributed by atoms with Gasteiger partial charge in [-0.1, -0.05) is 76.6 Å². The number of carbonyl (C=O) groups excluding carboxylic acids is 2. The van der Waals surface area contributed by atoms with Crippen LogP contribution in [0.1, 0.15) is 70.9 Å². The van der Waals surface area contributed by atoms with E-state index in [-0.39, 0.29) is 43.7 Å². The lowest BCUT2D eigenvalue weighted by atomic mass is 9.89. The van der Waals surface area contributed by atoms with Gasteiger partial charge in [-0.25, -0.2) is 4.79 Å². The van der Waals surface area contributed by atoms with Crippen molar-refractivity contribution in [3.8, 4) is 5.75 Å². The van der Waals surface area contributed by atoms with Crippen molar-refractivity contribution < 1.29 is 38.7 Å². The fraction of sp³-hybridized carbons (Fsp3) is 0.556. The van der Waals surface area contributed by atoms with E-state index in [2.05, 4.69) is 13.8 Å². The van der Waals surface area contributed by atoms with Crippen LogP contribution in [-0.2, 0) is 37.0 Å². The summed E-state index contributed by atoms with van der Waals surface area (Å²) in [6, 6.07) is 17.0. The van der Waals surface area contributed by atoms with Crippen LogP contribution < -0.4 is 4.74 Å². The Bertz CT molecular complexity index is 1160. The predicted octanol–water partition coefficient (Wildman–Crippen LogP) is 5.82. The average molecular weight is 611 g/mol. The lowest BCUT2D eigenvalue weighted by Crippen LogP contribution is -2.32. The molecule has 0 unspecified atom stereocenters. The normalized spacial score (nSPS) is 21.8. The smallest absolute Gasteiger partial charge is 0.330 e. The largest absolute Gasteiger partial charge is 0.497 e. The summed E-state index contributed by atoms with van der Waals surface area (Å²) >= 11 is 0. The van der Waals surface area contributed by atoms with Gasteiger partial charge in [-0.15, -0.1) is 0 Å². The summed E-state index contributed by atoms with van der Waals surface area (Å²) in [5.41, 5.74) is 1.82. The van der Waals surface area contributed by atoms with Gasteiger partial charge in [-0.2, -0.15) is 0 Å². The minimum atomic E-state index is -0.725. The summed E-state index contributed by atoms with van der Waals surface area (Å²) in [6.45, 7) is 8.45. The molecular weight excluding hydrogens is 560 g/mol. The van der Waals surface area contributed by atoms with Gasteiger partial charge in [0.2, 0.25) is 0 Å². The number of aliphatic hydroxyl groups is 2. The molecule has 242 valence electrons. The van der Waals surface area contributed by atoms with E-state index in [9.17, 15) is 19.8 Å². The second-order valence-corrected chi connectivity index (χ2v) is 12.2. The van der Waals surface area contributed by atoms with Gasteiger partial charge in [0.1, 0.15) is 18.1 Å². The number of carbonyl (C=O) groups is 2. The lowest BCUT2D eigenvalue weighted by molar-refractivity contribution is -0.139. The van der Waals surface area contributed by atoms with Gasteiger partial charge in [0.25, 0.3) is 0 Å². The van der Waals surface area contributed by atoms with Crippen LogP contribution in [0.2, 0.25) is 0 Å². The van der Waals surface area contributed by atoms with Gasteiger partial charge in [-0.05, 0) is 53.5 Å². The number of methoxy groups -OCH3 is 1. The zero-order valence-corrected chi connectivity index (χ0v) is 26.8. The summed E-state index contributed by atoms with van der Waals surface area (Å²) in [5, 5.41) is 21.3. The Hall–Kier alpha value is -3.04. The third kappa shape index (κ3) is 11.5. The summed E-state index contributed by atoms with van der Waals surface area (Å²) < 4.78 is 22.9. The topological polar surface area (TPSA) is 112 Å². The highest BCUT2D eigenvalue weighted by Crippen LogP contribution is 2.32. The fourth-order valence-corrected chi connectivity index (χ4v) is 5.52. The maximum absolute atomic E-state index is 13.2. The Kier molecular flexibility index (Phi) is 14.5. The quantitative estimate of drug-likeness (QED) is 0.161. The van der Waals surface area contributed by atoms with Gasteiger partial charge in [0.15, 0.2) is 0 Å². The first kappa shape index (κ1) is 35.4. The molecule has 8 heteroatoms. The first-order chi connectivity index (χ1) is 21.1. The number of aliphatic hydroxyl groups excluding tert-OH is 2. The highest BCUT2D eigenvalue weighted by atomic mass is 16.5. The number of benzene rings is 2. The minimum absolute atomic E-state index is 0.0162. The van der Waals surface area contributed by atoms with Crippen LogP contribution in [0.4, 0.5) is 0 Å². The summed E-state index contributed by atoms with van der Waals surface area (Å²) in [7, 11) is 1.61. The molecule has 1 heterocycles. The van der Waals surface area contributed by atoms with E-state index < -0.39 is 36.5 Å². The zero-order chi connectivity index (χ0) is 32.1. The van der Waals surface area contributed by atoms with E-state index in [4.69, 9.17) is 18.9 Å². The highest BCUT2D eigenvalue weighted by molar-refractivity contribution is 5.82. The maximum Gasteiger partial charge on any atom is 0.330 e. The van der Waals surface area contributed by atoms with Crippen LogP contribution in [-0.4, -0.2) is 59.6 Å². The standard InChI is InChI=1S/C36H50O8/c1-6-24(2)18-31(38)34-21-32(39)36(44-34)26(4)20-29(37)19-25(3)33(42-22-28-12-14-30(41-5)15-13-28)16-17-35(40)43-23-27-10-8-7-9-11-27/h7-17,24-26,31-34,36,38-39H,6,18-23H2,1-5H3/b17-16+/t24-,25-,26-,31-,32-,33+,34-,36-/m0/s1. The molecule has 3 rings (SSSR count). The average Bonchev–Trinajstić information content (AvgIpc) is 3.42. The van der Waals surface area contributed by atoms with Crippen LogP contribution in [0.3, 0.4) is 0 Å². The van der Waals surface area contributed by atoms with Crippen molar-refractivity contribution >= 4 is 11.8 Å². The summed E-state index contributed by atoms with van der Waals surface area (Å²) in [5.74, 6) is 0.189. The van der Waals surface area contributed by atoms with Crippen molar-refractivity contribution in [1.29, 1.82) is 0 Å². The highest BCUT2D eigenvalue weighted by Gasteiger charge is 2.41. The molecule has 1 aliphatic heterocycles. The van der Waals surface area contributed by atoms with Crippen molar-refractivity contribution in [3.05, 3.63) is 77.9 Å². The second-order valence-electron chi connectivity index (χ2n) is 12.2. The van der Waals surface area contributed by atoms with Crippen molar-refractivity contribution in [2.24, 2.45) is 17.8 Å². The Labute approximate surface area is 262 Å². The molecular formula is C36H50O8. The third-order valence-electron chi connectivity index (χ3n) is 8.42. The van der Waals surface area contributed by atoms with Gasteiger partial charge >= 0.3 is 5.97 Å². The molecule has 0 aliphatic carbocycles. The minimum Gasteiger partial charge on any atom is -0.497 e. The molecule has 2 aromatic rings. The molecule has 1 fully saturated rings. The van der Waals surface area contributed by atoms with Crippen molar-refractivity contribution in [2.75, 3.05) is 7.11 Å². The number of hydrogen-bond acceptors (Lipinski definition) is 8. The monoisotopic (exact) mass is 610 g/mol. The molecule has 0 bridgehead atoms. The van der Waals surface area contributed by atoms with Gasteiger partial charge in [0.05, 0.1) is 44.2 Å². The summed E-state index contributed by atoms with van der Waals surface area (Å²) in [6.07, 6.45) is 2.61. The maximum atomic E-state index is 13.2. The SMILES string of the molecule is CC[C@H](C)C[C@H](O)[C@@H]1C[C@H](O)[C@H]([C@@H](C)CC(=O)C[C@H](C)[C@@H](/C=C/C(=O)OCc2ccccc2)OCc2ccc(OC)cc2)O1. The van der Waals surface area contributed by atoms with Gasteiger partial charge < -0.3 is 29.2 Å². The molecule has 0 aromatic heterocycles. The number of hydrogen-bond donors (Lipinski definition) is 2. The number of esters is 1. The Morgan fingerprint density at radius 3 is 2.34 bits per heavy atom. The van der Waals surface area contributed by atoms with Crippen molar-refractivity contribution in [2.45, 2.75) is 104 Å². The molecule has 0 spiro atoms. The summed E-state index contributed by atoms with van der Waals surface area (Å²) in [4.78, 5) is 25.7. The Morgan fingerprint density at radius 2 is 1.68 bits per heavy atom. The van der Waals surface area contributed by atoms with E-state index in [0.717, 1.165) is 23.3 Å². The number of ketones is 1. The van der Waals surface area contributed by atoms with Crippen LogP contribution in [0, 0.1) is 17.8 Å². The lowest BCUT2D eigenvalue weighted by Gasteiger charge is -2.25. The zero-order valence-electron chi connectivity index (χ0n) is 26.8. The molecule has 2 N–H and O–H groups in total. The predicted molar refractivity (Wildman–Crippen MR) is 169 cm³/mol. The van der Waals surface area contributed by atoms with E-state index in [1.807, 2.05) is 68.4 Å². The number of rotatable bonds is 18. The van der Waals surface area contributed by atoms with Crippen LogP contribution in [0.25, 0.3) is 0 Å². The van der Waals surface area contributed by atoms with Crippen molar-refractivity contribution in [1.82, 2.24) is 0 Å². The molecule has 0 radical (unpaired) electrons. The second kappa shape index (κ2) is 18.1. The number of ether oxygens (including phenoxy) is 4. The fourth-order valence-electron chi connectivity index (χ4n) is 5.52. The van der Waals surface area contributed by atoms with Gasteiger partial charge in [0, 0.05) is 25.3 Å². The van der Waals surface area contributed by atoms with E-state index >= 15 is 0 Å². The van der Waals surface area contributed by atoms with Crippen LogP contribution in [0.5, 0.6) is 5.75 Å². The van der Waals surface area contributed by atoms with Crippen molar-refractivity contribution in [3.63, 3.8) is 0 Å². The first-order valence-electron chi connectivity index (χ1n) is 15.8. The molecule has 8 atom stereocenters. The first-order valence-corrected chi connectivity index (χ1v) is 15.8. The van der Waals surface area contributed by atoms with E-state index in [1.54, 1.807) is 13.2 Å². The number of Topliss-reactive ketones (excluding diaryl/α,β-unsaturated/α-hetero) is 1. The van der Waals surface area contributed by atoms with Crippen LogP contribution in [0.15, 0.2) is 66.7 Å². The molecule has 1 saturated heterocycles. The third-order valence-corrected chi connectivity index (χ3v) is 8.42.